The molecule has 2 nitrogen and oxygen atoms in total. The van der Waals surface area contributed by atoms with E-state index in [1.165, 1.54) is 32.5 Å². The highest BCUT2D eigenvalue weighted by molar-refractivity contribution is 4.78. The van der Waals surface area contributed by atoms with Crippen molar-refractivity contribution in [1.29, 1.82) is 0 Å². The van der Waals surface area contributed by atoms with E-state index in [0.717, 1.165) is 24.3 Å². The zero-order valence-corrected chi connectivity index (χ0v) is 10.00. The first-order valence-electron chi connectivity index (χ1n) is 6.06. The van der Waals surface area contributed by atoms with Gasteiger partial charge in [0.15, 0.2) is 0 Å². The van der Waals surface area contributed by atoms with Crippen LogP contribution in [-0.4, -0.2) is 31.1 Å². The Morgan fingerprint density at radius 3 is 2.64 bits per heavy atom. The van der Waals surface area contributed by atoms with Crippen LogP contribution in [0.25, 0.3) is 0 Å². The Morgan fingerprint density at radius 2 is 2.14 bits per heavy atom. The van der Waals surface area contributed by atoms with Gasteiger partial charge in [-0.15, -0.1) is 0 Å². The molecule has 2 atom stereocenters. The number of nitrogens with two attached hydrogens (primary N) is 1. The third kappa shape index (κ3) is 3.58. The van der Waals surface area contributed by atoms with E-state index in [-0.39, 0.29) is 0 Å². The number of likely N-dealkylation sites (tertiary alicyclic amines) is 1. The first-order valence-corrected chi connectivity index (χ1v) is 6.06. The summed E-state index contributed by atoms with van der Waals surface area (Å²) in [5.41, 5.74) is 5.74. The Labute approximate surface area is 88.8 Å². The number of piperidine rings is 1. The summed E-state index contributed by atoms with van der Waals surface area (Å²) in [4.78, 5) is 2.61. The fraction of sp³-hybridized carbons (Fsp3) is 1.00. The van der Waals surface area contributed by atoms with E-state index in [1.54, 1.807) is 0 Å². The van der Waals surface area contributed by atoms with Gasteiger partial charge in [-0.1, -0.05) is 20.8 Å². The standard InChI is InChI=1S/C12H26N2/c1-10(2)4-6-14-7-5-12(8-13)11(3)9-14/h10-12H,4-9,13H2,1-3H3. The maximum Gasteiger partial charge on any atom is 0.00102 e. The zero-order valence-electron chi connectivity index (χ0n) is 10.00. The van der Waals surface area contributed by atoms with Gasteiger partial charge in [0.05, 0.1) is 0 Å². The Morgan fingerprint density at radius 1 is 1.43 bits per heavy atom. The largest absolute Gasteiger partial charge is 0.330 e. The van der Waals surface area contributed by atoms with E-state index in [1.807, 2.05) is 0 Å². The quantitative estimate of drug-likeness (QED) is 0.748. The van der Waals surface area contributed by atoms with Crippen molar-refractivity contribution in [2.75, 3.05) is 26.2 Å². The monoisotopic (exact) mass is 198 g/mol. The van der Waals surface area contributed by atoms with Crippen LogP contribution in [0, 0.1) is 17.8 Å². The van der Waals surface area contributed by atoms with Gasteiger partial charge >= 0.3 is 0 Å². The summed E-state index contributed by atoms with van der Waals surface area (Å²) in [5.74, 6) is 2.39. The minimum atomic E-state index is 0.769. The number of hydrogen-bond donors (Lipinski definition) is 1. The van der Waals surface area contributed by atoms with Crippen LogP contribution >= 0.6 is 0 Å². The summed E-state index contributed by atoms with van der Waals surface area (Å²) in [5, 5.41) is 0. The van der Waals surface area contributed by atoms with Crippen molar-refractivity contribution in [1.82, 2.24) is 4.90 Å². The molecule has 14 heavy (non-hydrogen) atoms. The van der Waals surface area contributed by atoms with Crippen molar-refractivity contribution in [2.45, 2.75) is 33.6 Å². The SMILES string of the molecule is CC(C)CCN1CCC(CN)C(C)C1. The molecule has 0 aromatic heterocycles. The predicted octanol–water partition coefficient (Wildman–Crippen LogP) is 1.95. The molecule has 0 bridgehead atoms. The minimum Gasteiger partial charge on any atom is -0.330 e. The smallest absolute Gasteiger partial charge is 0.00102 e. The van der Waals surface area contributed by atoms with Gasteiger partial charge in [0.25, 0.3) is 0 Å². The second kappa shape index (κ2) is 5.72. The first kappa shape index (κ1) is 12.0. The number of hydrogen-bond acceptors (Lipinski definition) is 2. The zero-order chi connectivity index (χ0) is 10.6. The highest BCUT2D eigenvalue weighted by Gasteiger charge is 2.24. The van der Waals surface area contributed by atoms with Crippen molar-refractivity contribution >= 4 is 0 Å². The van der Waals surface area contributed by atoms with Crippen LogP contribution in [-0.2, 0) is 0 Å². The molecule has 2 unspecified atom stereocenters. The fourth-order valence-corrected chi connectivity index (χ4v) is 2.27. The molecule has 1 aliphatic rings. The van der Waals surface area contributed by atoms with Gasteiger partial charge in [-0.05, 0) is 50.2 Å². The Bertz CT molecular complexity index is 156. The normalized spacial score (nSPS) is 29.8. The summed E-state index contributed by atoms with van der Waals surface area (Å²) in [6.07, 6.45) is 2.63. The lowest BCUT2D eigenvalue weighted by atomic mass is 9.87. The lowest BCUT2D eigenvalue weighted by molar-refractivity contribution is 0.128. The van der Waals surface area contributed by atoms with Crippen LogP contribution in [0.4, 0.5) is 0 Å². The molecule has 0 amide bonds. The first-order chi connectivity index (χ1) is 6.63. The molecule has 1 saturated heterocycles. The number of nitrogens with zero attached hydrogens (tertiary/aromatic N) is 1. The molecule has 1 aliphatic heterocycles. The summed E-state index contributed by atoms with van der Waals surface area (Å²) < 4.78 is 0. The average Bonchev–Trinajstić information content (AvgIpc) is 2.15. The minimum absolute atomic E-state index is 0.769. The van der Waals surface area contributed by atoms with Crippen LogP contribution in [0.15, 0.2) is 0 Å². The van der Waals surface area contributed by atoms with E-state index < -0.39 is 0 Å². The van der Waals surface area contributed by atoms with E-state index >= 15 is 0 Å². The molecule has 1 rings (SSSR count). The van der Waals surface area contributed by atoms with Crippen LogP contribution in [0.5, 0.6) is 0 Å². The van der Waals surface area contributed by atoms with Gasteiger partial charge in [-0.3, -0.25) is 0 Å². The molecule has 0 saturated carbocycles. The summed E-state index contributed by atoms with van der Waals surface area (Å²) in [7, 11) is 0. The highest BCUT2D eigenvalue weighted by atomic mass is 15.1. The Balaban J connectivity index is 2.24. The third-order valence-electron chi connectivity index (χ3n) is 3.49. The number of rotatable bonds is 4. The van der Waals surface area contributed by atoms with Gasteiger partial charge in [-0.25, -0.2) is 0 Å². The van der Waals surface area contributed by atoms with Crippen molar-refractivity contribution in [3.8, 4) is 0 Å². The lowest BCUT2D eigenvalue weighted by Crippen LogP contribution is -2.42. The van der Waals surface area contributed by atoms with E-state index in [2.05, 4.69) is 25.7 Å². The van der Waals surface area contributed by atoms with Crippen LogP contribution in [0.2, 0.25) is 0 Å². The fourth-order valence-electron chi connectivity index (χ4n) is 2.27. The van der Waals surface area contributed by atoms with Crippen LogP contribution < -0.4 is 5.73 Å². The lowest BCUT2D eigenvalue weighted by Gasteiger charge is -2.36. The molecule has 84 valence electrons. The molecule has 0 aromatic rings. The highest BCUT2D eigenvalue weighted by Crippen LogP contribution is 2.22. The molecular formula is C12H26N2. The molecule has 1 heterocycles. The Hall–Kier alpha value is -0.0800. The van der Waals surface area contributed by atoms with Gasteiger partial charge in [0.1, 0.15) is 0 Å². The Kier molecular flexibility index (Phi) is 4.90. The maximum absolute atomic E-state index is 5.74. The van der Waals surface area contributed by atoms with E-state index in [9.17, 15) is 0 Å². The molecule has 0 radical (unpaired) electrons. The molecular weight excluding hydrogens is 172 g/mol. The summed E-state index contributed by atoms with van der Waals surface area (Å²) in [6.45, 7) is 11.6. The van der Waals surface area contributed by atoms with Gasteiger partial charge in [-0.2, -0.15) is 0 Å². The molecule has 0 aliphatic carbocycles. The molecule has 0 aromatic carbocycles. The van der Waals surface area contributed by atoms with E-state index in [0.29, 0.717) is 0 Å². The summed E-state index contributed by atoms with van der Waals surface area (Å²) in [6, 6.07) is 0. The average molecular weight is 198 g/mol. The van der Waals surface area contributed by atoms with E-state index in [4.69, 9.17) is 5.73 Å². The van der Waals surface area contributed by atoms with Crippen molar-refractivity contribution < 1.29 is 0 Å². The molecule has 2 N–H and O–H groups in total. The van der Waals surface area contributed by atoms with Crippen molar-refractivity contribution in [3.05, 3.63) is 0 Å². The third-order valence-corrected chi connectivity index (χ3v) is 3.49. The second-order valence-corrected chi connectivity index (χ2v) is 5.24. The van der Waals surface area contributed by atoms with Gasteiger partial charge < -0.3 is 10.6 Å². The summed E-state index contributed by atoms with van der Waals surface area (Å²) >= 11 is 0. The molecule has 0 spiro atoms. The molecule has 2 heteroatoms. The van der Waals surface area contributed by atoms with Gasteiger partial charge in [0.2, 0.25) is 0 Å². The van der Waals surface area contributed by atoms with Gasteiger partial charge in [0, 0.05) is 6.54 Å². The maximum atomic E-state index is 5.74. The van der Waals surface area contributed by atoms with Crippen molar-refractivity contribution in [3.63, 3.8) is 0 Å². The second-order valence-electron chi connectivity index (χ2n) is 5.24. The van der Waals surface area contributed by atoms with Crippen LogP contribution in [0.1, 0.15) is 33.6 Å². The van der Waals surface area contributed by atoms with Crippen molar-refractivity contribution in [2.24, 2.45) is 23.5 Å². The molecule has 1 fully saturated rings. The topological polar surface area (TPSA) is 29.3 Å². The predicted molar refractivity (Wildman–Crippen MR) is 62.2 cm³/mol. The van der Waals surface area contributed by atoms with Crippen LogP contribution in [0.3, 0.4) is 0 Å².